The Kier molecular flexibility index (Phi) is 5.96. The highest BCUT2D eigenvalue weighted by Gasteiger charge is 2.24. The van der Waals surface area contributed by atoms with Gasteiger partial charge >= 0.3 is 0 Å². The van der Waals surface area contributed by atoms with Crippen LogP contribution in [0.1, 0.15) is 29.3 Å². The minimum Gasteiger partial charge on any atom is -0.336 e. The number of piperazine rings is 1. The van der Waals surface area contributed by atoms with Crippen molar-refractivity contribution in [1.82, 2.24) is 9.80 Å². The largest absolute Gasteiger partial charge is 0.336 e. The van der Waals surface area contributed by atoms with Crippen LogP contribution in [0.4, 0.5) is 5.69 Å². The molecule has 0 aromatic heterocycles. The Morgan fingerprint density at radius 1 is 1.12 bits per heavy atom. The van der Waals surface area contributed by atoms with Crippen LogP contribution in [0.3, 0.4) is 0 Å². The van der Waals surface area contributed by atoms with Crippen molar-refractivity contribution in [2.45, 2.75) is 19.8 Å². The van der Waals surface area contributed by atoms with Gasteiger partial charge in [0.15, 0.2) is 0 Å². The Hall–Kier alpha value is -1.92. The van der Waals surface area contributed by atoms with Gasteiger partial charge in [0.2, 0.25) is 5.91 Å². The van der Waals surface area contributed by atoms with Gasteiger partial charge in [-0.2, -0.15) is 0 Å². The molecule has 2 amide bonds. The predicted molar refractivity (Wildman–Crippen MR) is 93.7 cm³/mol. The van der Waals surface area contributed by atoms with Gasteiger partial charge in [0.1, 0.15) is 5.78 Å². The number of aryl methyl sites for hydroxylation is 1. The molecule has 2 aliphatic rings. The second-order valence-corrected chi connectivity index (χ2v) is 6.19. The molecule has 0 radical (unpaired) electrons. The van der Waals surface area contributed by atoms with Crippen LogP contribution in [0.2, 0.25) is 0 Å². The van der Waals surface area contributed by atoms with Gasteiger partial charge in [-0.05, 0) is 37.1 Å². The highest BCUT2D eigenvalue weighted by molar-refractivity contribution is 5.98. The number of halogens is 1. The Morgan fingerprint density at radius 3 is 2.50 bits per heavy atom. The fourth-order valence-electron chi connectivity index (χ4n) is 3.12. The number of ketones is 1. The highest BCUT2D eigenvalue weighted by atomic mass is 35.5. The average Bonchev–Trinajstić information content (AvgIpc) is 2.54. The molecule has 0 unspecified atom stereocenters. The summed E-state index contributed by atoms with van der Waals surface area (Å²) in [5.41, 5.74) is 2.50. The highest BCUT2D eigenvalue weighted by Crippen LogP contribution is 2.24. The molecule has 7 heteroatoms. The number of carbonyl (C=O) groups is 3. The molecular weight excluding hydrogens is 330 g/mol. The molecule has 0 saturated carbocycles. The van der Waals surface area contributed by atoms with Gasteiger partial charge in [-0.25, -0.2) is 0 Å². The van der Waals surface area contributed by atoms with Gasteiger partial charge in [0.25, 0.3) is 5.91 Å². The van der Waals surface area contributed by atoms with Gasteiger partial charge in [-0.3, -0.25) is 19.3 Å². The lowest BCUT2D eigenvalue weighted by Gasteiger charge is -2.34. The van der Waals surface area contributed by atoms with E-state index in [4.69, 9.17) is 0 Å². The van der Waals surface area contributed by atoms with E-state index in [0.29, 0.717) is 38.0 Å². The van der Waals surface area contributed by atoms with Crippen LogP contribution in [0.25, 0.3) is 0 Å². The van der Waals surface area contributed by atoms with E-state index in [1.54, 1.807) is 13.0 Å². The van der Waals surface area contributed by atoms with Gasteiger partial charge in [-0.15, -0.1) is 12.4 Å². The lowest BCUT2D eigenvalue weighted by molar-refractivity contribution is -0.118. The standard InChI is InChI=1S/C17H21N3O3.ClH/c1-12(21)11-19-6-8-20(9-7-19)17(23)14-2-4-15-13(10-14)3-5-16(22)18-15;/h2,4,10H,3,5-9,11H2,1H3,(H,18,22);1H. The summed E-state index contributed by atoms with van der Waals surface area (Å²) in [6.45, 7) is 4.78. The number of hydrogen-bond donors (Lipinski definition) is 1. The molecule has 1 fully saturated rings. The van der Waals surface area contributed by atoms with Crippen LogP contribution in [-0.2, 0) is 16.0 Å². The molecule has 1 N–H and O–H groups in total. The average molecular weight is 352 g/mol. The first-order valence-corrected chi connectivity index (χ1v) is 7.97. The third-order valence-electron chi connectivity index (χ3n) is 4.35. The summed E-state index contributed by atoms with van der Waals surface area (Å²) < 4.78 is 0. The summed E-state index contributed by atoms with van der Waals surface area (Å²) in [5.74, 6) is 0.201. The fraction of sp³-hybridized carbons (Fsp3) is 0.471. The van der Waals surface area contributed by atoms with Gasteiger partial charge in [-0.1, -0.05) is 0 Å². The molecule has 24 heavy (non-hydrogen) atoms. The van der Waals surface area contributed by atoms with Crippen LogP contribution >= 0.6 is 12.4 Å². The Balaban J connectivity index is 0.00000208. The van der Waals surface area contributed by atoms with E-state index in [2.05, 4.69) is 10.2 Å². The van der Waals surface area contributed by atoms with E-state index in [0.717, 1.165) is 24.3 Å². The molecule has 1 aromatic rings. The van der Waals surface area contributed by atoms with Gasteiger partial charge in [0, 0.05) is 43.9 Å². The van der Waals surface area contributed by atoms with E-state index in [1.165, 1.54) is 0 Å². The first-order valence-electron chi connectivity index (χ1n) is 7.97. The smallest absolute Gasteiger partial charge is 0.253 e. The molecule has 1 aromatic carbocycles. The first kappa shape index (κ1) is 18.4. The summed E-state index contributed by atoms with van der Waals surface area (Å²) >= 11 is 0. The summed E-state index contributed by atoms with van der Waals surface area (Å²) in [6, 6.07) is 5.47. The second-order valence-electron chi connectivity index (χ2n) is 6.19. The zero-order valence-corrected chi connectivity index (χ0v) is 14.5. The van der Waals surface area contributed by atoms with Crippen LogP contribution in [-0.4, -0.2) is 60.1 Å². The lowest BCUT2D eigenvalue weighted by Crippen LogP contribution is -2.49. The number of nitrogens with zero attached hydrogens (tertiary/aromatic N) is 2. The molecule has 0 bridgehead atoms. The third kappa shape index (κ3) is 4.13. The first-order chi connectivity index (χ1) is 11.0. The molecule has 2 aliphatic heterocycles. The minimum atomic E-state index is 0. The van der Waals surface area contributed by atoms with E-state index < -0.39 is 0 Å². The number of fused-ring (bicyclic) bond motifs is 1. The van der Waals surface area contributed by atoms with E-state index >= 15 is 0 Å². The molecular formula is C17H22ClN3O3. The Labute approximate surface area is 147 Å². The monoisotopic (exact) mass is 351 g/mol. The molecule has 0 aliphatic carbocycles. The zero-order valence-electron chi connectivity index (χ0n) is 13.7. The van der Waals surface area contributed by atoms with Gasteiger partial charge < -0.3 is 10.2 Å². The van der Waals surface area contributed by atoms with Crippen molar-refractivity contribution in [3.8, 4) is 0 Å². The van der Waals surface area contributed by atoms with Crippen molar-refractivity contribution in [3.63, 3.8) is 0 Å². The number of benzene rings is 1. The zero-order chi connectivity index (χ0) is 16.4. The van der Waals surface area contributed by atoms with Crippen LogP contribution in [0.15, 0.2) is 18.2 Å². The molecule has 0 atom stereocenters. The Morgan fingerprint density at radius 2 is 1.83 bits per heavy atom. The normalized spacial score (nSPS) is 17.5. The number of Topliss-reactive ketones (excluding diaryl/α,β-unsaturated/α-hetero) is 1. The number of rotatable bonds is 3. The van der Waals surface area contributed by atoms with E-state index in [-0.39, 0.29) is 30.0 Å². The molecule has 2 heterocycles. The van der Waals surface area contributed by atoms with Crippen molar-refractivity contribution in [3.05, 3.63) is 29.3 Å². The van der Waals surface area contributed by atoms with E-state index in [9.17, 15) is 14.4 Å². The molecule has 6 nitrogen and oxygen atoms in total. The molecule has 130 valence electrons. The van der Waals surface area contributed by atoms with E-state index in [1.807, 2.05) is 17.0 Å². The van der Waals surface area contributed by atoms with Gasteiger partial charge in [0.05, 0.1) is 6.54 Å². The fourth-order valence-corrected chi connectivity index (χ4v) is 3.12. The minimum absolute atomic E-state index is 0. The summed E-state index contributed by atoms with van der Waals surface area (Å²) in [5, 5.41) is 2.83. The van der Waals surface area contributed by atoms with Crippen molar-refractivity contribution in [2.75, 3.05) is 38.0 Å². The van der Waals surface area contributed by atoms with Crippen molar-refractivity contribution in [1.29, 1.82) is 0 Å². The van der Waals surface area contributed by atoms with Crippen LogP contribution in [0.5, 0.6) is 0 Å². The summed E-state index contributed by atoms with van der Waals surface area (Å²) in [4.78, 5) is 39.1. The maximum absolute atomic E-state index is 12.6. The van der Waals surface area contributed by atoms with Crippen LogP contribution < -0.4 is 5.32 Å². The number of hydrogen-bond acceptors (Lipinski definition) is 4. The SMILES string of the molecule is CC(=O)CN1CCN(C(=O)c2ccc3c(c2)CCC(=O)N3)CC1.Cl. The summed E-state index contributed by atoms with van der Waals surface area (Å²) in [7, 11) is 0. The topological polar surface area (TPSA) is 69.7 Å². The van der Waals surface area contributed by atoms with Crippen LogP contribution in [0, 0.1) is 0 Å². The van der Waals surface area contributed by atoms with Crippen molar-refractivity contribution in [2.24, 2.45) is 0 Å². The summed E-state index contributed by atoms with van der Waals surface area (Å²) in [6.07, 6.45) is 1.14. The third-order valence-corrected chi connectivity index (χ3v) is 4.35. The lowest BCUT2D eigenvalue weighted by atomic mass is 10.00. The second kappa shape index (κ2) is 7.77. The number of anilines is 1. The van der Waals surface area contributed by atoms with Crippen molar-refractivity contribution < 1.29 is 14.4 Å². The number of amides is 2. The molecule has 0 spiro atoms. The number of nitrogens with one attached hydrogen (secondary N) is 1. The molecule has 3 rings (SSSR count). The Bertz CT molecular complexity index is 654. The predicted octanol–water partition coefficient (Wildman–Crippen LogP) is 1.34. The molecule has 1 saturated heterocycles. The number of carbonyl (C=O) groups excluding carboxylic acids is 3. The van der Waals surface area contributed by atoms with Crippen molar-refractivity contribution >= 4 is 35.7 Å². The maximum atomic E-state index is 12.6. The quantitative estimate of drug-likeness (QED) is 0.892. The maximum Gasteiger partial charge on any atom is 0.253 e.